The van der Waals surface area contributed by atoms with E-state index < -0.39 is 0 Å². The van der Waals surface area contributed by atoms with Gasteiger partial charge in [-0.3, -0.25) is 14.9 Å². The zero-order valence-electron chi connectivity index (χ0n) is 16.5. The van der Waals surface area contributed by atoms with Gasteiger partial charge in [0.15, 0.2) is 0 Å². The number of amides is 1. The molecule has 2 aromatic rings. The molecule has 2 aliphatic heterocycles. The third-order valence-electron chi connectivity index (χ3n) is 5.74. The molecule has 0 aromatic heterocycles. The third-order valence-corrected chi connectivity index (χ3v) is 5.74. The Morgan fingerprint density at radius 3 is 2.79 bits per heavy atom. The number of non-ortho nitro benzene ring substituents is 1. The van der Waals surface area contributed by atoms with Crippen molar-refractivity contribution >= 4 is 28.7 Å². The highest BCUT2D eigenvalue weighted by atomic mass is 16.6. The van der Waals surface area contributed by atoms with Gasteiger partial charge >= 0.3 is 0 Å². The molecule has 2 heterocycles. The van der Waals surface area contributed by atoms with Crippen molar-refractivity contribution in [3.63, 3.8) is 0 Å². The van der Waals surface area contributed by atoms with E-state index in [4.69, 9.17) is 4.74 Å². The van der Waals surface area contributed by atoms with Crippen LogP contribution in [0.15, 0.2) is 42.5 Å². The Labute approximate surface area is 169 Å². The highest BCUT2D eigenvalue weighted by molar-refractivity contribution is 5.83. The maximum Gasteiger partial charge on any atom is 0.271 e. The second-order valence-electron chi connectivity index (χ2n) is 7.48. The number of nitro benzene ring substituents is 1. The molecule has 4 rings (SSSR count). The minimum absolute atomic E-state index is 0.0523. The average Bonchev–Trinajstić information content (AvgIpc) is 2.82. The first-order chi connectivity index (χ1) is 14.0. The molecule has 2 atom stereocenters. The predicted molar refractivity (Wildman–Crippen MR) is 111 cm³/mol. The van der Waals surface area contributed by atoms with Gasteiger partial charge in [0, 0.05) is 44.6 Å². The van der Waals surface area contributed by atoms with E-state index in [0.717, 1.165) is 42.0 Å². The smallest absolute Gasteiger partial charge is 0.271 e. The number of para-hydroxylation sites is 1. The van der Waals surface area contributed by atoms with Gasteiger partial charge in [-0.25, -0.2) is 0 Å². The van der Waals surface area contributed by atoms with Gasteiger partial charge in [0.2, 0.25) is 5.91 Å². The van der Waals surface area contributed by atoms with Gasteiger partial charge in [0.1, 0.15) is 6.61 Å². The zero-order valence-corrected chi connectivity index (χ0v) is 16.5. The van der Waals surface area contributed by atoms with Crippen LogP contribution in [0.1, 0.15) is 24.4 Å². The molecular formula is C21H24N4O4. The number of benzene rings is 2. The monoisotopic (exact) mass is 396 g/mol. The molecule has 1 N–H and O–H groups in total. The minimum Gasteiger partial charge on any atom is -0.375 e. The number of nitrogens with zero attached hydrogens (tertiary/aromatic N) is 3. The lowest BCUT2D eigenvalue weighted by atomic mass is 9.90. The van der Waals surface area contributed by atoms with E-state index in [-0.39, 0.29) is 35.2 Å². The van der Waals surface area contributed by atoms with Gasteiger partial charge in [-0.15, -0.1) is 0 Å². The van der Waals surface area contributed by atoms with E-state index in [1.54, 1.807) is 12.1 Å². The largest absolute Gasteiger partial charge is 0.375 e. The molecule has 1 amide bonds. The molecular weight excluding hydrogens is 372 g/mol. The predicted octanol–water partition coefficient (Wildman–Crippen LogP) is 3.15. The van der Waals surface area contributed by atoms with Crippen molar-refractivity contribution in [2.45, 2.75) is 24.9 Å². The first kappa shape index (κ1) is 19.2. The summed E-state index contributed by atoms with van der Waals surface area (Å²) in [6.07, 6.45) is 1.56. The second-order valence-corrected chi connectivity index (χ2v) is 7.48. The minimum atomic E-state index is -0.361. The van der Waals surface area contributed by atoms with E-state index in [2.05, 4.69) is 16.3 Å². The number of anilines is 3. The van der Waals surface area contributed by atoms with Gasteiger partial charge in [-0.1, -0.05) is 18.2 Å². The molecule has 0 spiro atoms. The fourth-order valence-corrected chi connectivity index (χ4v) is 4.42. The van der Waals surface area contributed by atoms with Crippen molar-refractivity contribution in [2.75, 3.05) is 37.1 Å². The van der Waals surface area contributed by atoms with Crippen LogP contribution in [0.5, 0.6) is 0 Å². The van der Waals surface area contributed by atoms with Crippen LogP contribution in [-0.4, -0.2) is 44.2 Å². The van der Waals surface area contributed by atoms with Crippen LogP contribution in [-0.2, 0) is 9.53 Å². The fourth-order valence-electron chi connectivity index (χ4n) is 4.42. The summed E-state index contributed by atoms with van der Waals surface area (Å²) < 4.78 is 4.93. The number of fused-ring (bicyclic) bond motifs is 5. The van der Waals surface area contributed by atoms with Crippen molar-refractivity contribution in [2.24, 2.45) is 0 Å². The molecule has 1 fully saturated rings. The third kappa shape index (κ3) is 3.51. The van der Waals surface area contributed by atoms with Crippen LogP contribution < -0.4 is 15.1 Å². The molecule has 2 aromatic carbocycles. The Morgan fingerprint density at radius 2 is 2.03 bits per heavy atom. The number of ether oxygens (including phenoxy) is 1. The maximum atomic E-state index is 12.0. The van der Waals surface area contributed by atoms with Crippen molar-refractivity contribution in [3.8, 4) is 0 Å². The van der Waals surface area contributed by atoms with Crippen LogP contribution in [0.4, 0.5) is 22.7 Å². The van der Waals surface area contributed by atoms with Gasteiger partial charge in [-0.2, -0.15) is 0 Å². The molecule has 0 bridgehead atoms. The summed E-state index contributed by atoms with van der Waals surface area (Å²) in [5.41, 5.74) is 4.04. The number of carbonyl (C=O) groups excluding carboxylic acids is 1. The van der Waals surface area contributed by atoms with Crippen LogP contribution >= 0.6 is 0 Å². The number of hydrogen-bond donors (Lipinski definition) is 1. The lowest BCUT2D eigenvalue weighted by molar-refractivity contribution is -0.384. The van der Waals surface area contributed by atoms with Crippen LogP contribution in [0, 0.1) is 10.1 Å². The molecule has 0 saturated carbocycles. The standard InChI is InChI=1S/C21H24N4O4/c1-23-17-6-4-3-5-16(17)19-11-14(22-21(26)13-29-2)9-10-24(19)18-8-7-15(25(27)28)12-20(18)23/h3-8,12,14,19H,9-11,13H2,1-2H3,(H,22,26). The van der Waals surface area contributed by atoms with E-state index in [1.807, 2.05) is 36.2 Å². The Balaban J connectivity index is 1.75. The number of piperidine rings is 1. The number of methoxy groups -OCH3 is 1. The number of nitrogens with one attached hydrogen (secondary N) is 1. The van der Waals surface area contributed by atoms with E-state index >= 15 is 0 Å². The summed E-state index contributed by atoms with van der Waals surface area (Å²) >= 11 is 0. The molecule has 152 valence electrons. The maximum absolute atomic E-state index is 12.0. The molecule has 29 heavy (non-hydrogen) atoms. The highest BCUT2D eigenvalue weighted by Crippen LogP contribution is 2.48. The molecule has 8 heteroatoms. The first-order valence-electron chi connectivity index (χ1n) is 9.65. The van der Waals surface area contributed by atoms with Crippen molar-refractivity contribution < 1.29 is 14.5 Å². The Hall–Kier alpha value is -3.13. The highest BCUT2D eigenvalue weighted by Gasteiger charge is 2.36. The van der Waals surface area contributed by atoms with Crippen LogP contribution in [0.2, 0.25) is 0 Å². The first-order valence-corrected chi connectivity index (χ1v) is 9.65. The molecule has 0 aliphatic carbocycles. The topological polar surface area (TPSA) is 87.9 Å². The van der Waals surface area contributed by atoms with Crippen molar-refractivity contribution in [1.82, 2.24) is 5.32 Å². The van der Waals surface area contributed by atoms with E-state index in [1.165, 1.54) is 7.11 Å². The molecule has 1 saturated heterocycles. The quantitative estimate of drug-likeness (QED) is 0.631. The second kappa shape index (κ2) is 7.71. The molecule has 2 unspecified atom stereocenters. The van der Waals surface area contributed by atoms with Gasteiger partial charge in [0.05, 0.1) is 22.3 Å². The van der Waals surface area contributed by atoms with Gasteiger partial charge in [0.25, 0.3) is 5.69 Å². The zero-order chi connectivity index (χ0) is 20.5. The van der Waals surface area contributed by atoms with Crippen LogP contribution in [0.25, 0.3) is 0 Å². The average molecular weight is 396 g/mol. The number of carbonyl (C=O) groups is 1. The summed E-state index contributed by atoms with van der Waals surface area (Å²) in [7, 11) is 3.45. The molecule has 8 nitrogen and oxygen atoms in total. The lowest BCUT2D eigenvalue weighted by Gasteiger charge is -2.41. The Kier molecular flexibility index (Phi) is 5.10. The molecule has 2 aliphatic rings. The van der Waals surface area contributed by atoms with Crippen LogP contribution in [0.3, 0.4) is 0 Å². The number of rotatable bonds is 4. The number of hydrogen-bond acceptors (Lipinski definition) is 6. The summed E-state index contributed by atoms with van der Waals surface area (Å²) in [6.45, 7) is 0.798. The fraction of sp³-hybridized carbons (Fsp3) is 0.381. The normalized spacial score (nSPS) is 20.2. The van der Waals surface area contributed by atoms with Crippen molar-refractivity contribution in [1.29, 1.82) is 0 Å². The van der Waals surface area contributed by atoms with E-state index in [0.29, 0.717) is 0 Å². The summed E-state index contributed by atoms with van der Waals surface area (Å²) in [4.78, 5) is 27.3. The summed E-state index contributed by atoms with van der Waals surface area (Å²) in [6, 6.07) is 13.3. The Morgan fingerprint density at radius 1 is 1.24 bits per heavy atom. The molecule has 0 radical (unpaired) electrons. The number of nitro groups is 1. The van der Waals surface area contributed by atoms with Gasteiger partial charge < -0.3 is 19.9 Å². The Bertz CT molecular complexity index is 948. The van der Waals surface area contributed by atoms with E-state index in [9.17, 15) is 14.9 Å². The van der Waals surface area contributed by atoms with Crippen molar-refractivity contribution in [3.05, 3.63) is 58.1 Å². The SMILES string of the molecule is COCC(=O)NC1CCN2c3ccc([N+](=O)[O-])cc3N(C)c3ccccc3C2C1. The lowest BCUT2D eigenvalue weighted by Crippen LogP contribution is -2.47. The van der Waals surface area contributed by atoms with Gasteiger partial charge in [-0.05, 0) is 30.5 Å². The summed E-state index contributed by atoms with van der Waals surface area (Å²) in [5.74, 6) is -0.110. The summed E-state index contributed by atoms with van der Waals surface area (Å²) in [5, 5.41) is 14.4.